The lowest BCUT2D eigenvalue weighted by molar-refractivity contribution is -0.140. The van der Waals surface area contributed by atoms with Crippen molar-refractivity contribution in [3.63, 3.8) is 0 Å². The van der Waals surface area contributed by atoms with E-state index in [1.54, 1.807) is 28.4 Å². The molecule has 1 N–H and O–H groups in total. The van der Waals surface area contributed by atoms with Crippen LogP contribution in [0.1, 0.15) is 66.7 Å². The Morgan fingerprint density at radius 2 is 1.60 bits per heavy atom. The van der Waals surface area contributed by atoms with Gasteiger partial charge in [0.15, 0.2) is 0 Å². The van der Waals surface area contributed by atoms with Gasteiger partial charge < -0.3 is 24.6 Å². The highest BCUT2D eigenvalue weighted by Crippen LogP contribution is 2.35. The van der Waals surface area contributed by atoms with E-state index in [0.717, 1.165) is 69.9 Å². The lowest BCUT2D eigenvalue weighted by Gasteiger charge is -2.24. The van der Waals surface area contributed by atoms with Gasteiger partial charge in [0.2, 0.25) is 0 Å². The largest absolute Gasteiger partial charge is 0.465 e. The van der Waals surface area contributed by atoms with Crippen LogP contribution in [-0.4, -0.2) is 97.0 Å². The fourth-order valence-electron chi connectivity index (χ4n) is 3.16. The van der Waals surface area contributed by atoms with Crippen molar-refractivity contribution in [3.8, 4) is 0 Å². The van der Waals surface area contributed by atoms with Crippen molar-refractivity contribution in [3.05, 3.63) is 12.2 Å². The average molecular weight is 534 g/mol. The minimum absolute atomic E-state index is 0.0207. The van der Waals surface area contributed by atoms with E-state index in [0.29, 0.717) is 19.8 Å². The highest BCUT2D eigenvalue weighted by Gasteiger charge is 2.19. The molecule has 0 spiro atoms. The van der Waals surface area contributed by atoms with Crippen LogP contribution in [0.15, 0.2) is 12.2 Å². The Labute approximate surface area is 223 Å². The highest BCUT2D eigenvalue weighted by molar-refractivity contribution is 8.18. The Morgan fingerprint density at radius 1 is 0.914 bits per heavy atom. The molecule has 0 saturated carbocycles. The van der Waals surface area contributed by atoms with Gasteiger partial charge in [-0.05, 0) is 73.1 Å². The smallest absolute Gasteiger partial charge is 0.409 e. The van der Waals surface area contributed by atoms with Crippen molar-refractivity contribution >= 4 is 35.6 Å². The van der Waals surface area contributed by atoms with Crippen LogP contribution in [0.2, 0.25) is 0 Å². The van der Waals surface area contributed by atoms with Gasteiger partial charge in [-0.3, -0.25) is 4.79 Å². The summed E-state index contributed by atoms with van der Waals surface area (Å²) in [6.07, 6.45) is 9.78. The van der Waals surface area contributed by atoms with E-state index in [-0.39, 0.29) is 16.1 Å². The number of amides is 1. The van der Waals surface area contributed by atoms with Gasteiger partial charge in [0.1, 0.15) is 13.2 Å². The topological polar surface area (TPSA) is 71.1 Å². The third-order valence-electron chi connectivity index (χ3n) is 5.40. The Balaban J connectivity index is 3.78. The molecule has 0 saturated heterocycles. The molecule has 0 aliphatic carbocycles. The molecule has 0 fully saturated rings. The summed E-state index contributed by atoms with van der Waals surface area (Å²) in [6.45, 7) is 16.4. The Kier molecular flexibility index (Phi) is 21.7. The number of hydrogen-bond donors (Lipinski definition) is 1. The van der Waals surface area contributed by atoms with Crippen LogP contribution in [0.3, 0.4) is 0 Å². The van der Waals surface area contributed by atoms with Crippen molar-refractivity contribution in [2.24, 2.45) is 0 Å². The van der Waals surface area contributed by atoms with E-state index in [9.17, 15) is 9.59 Å². The van der Waals surface area contributed by atoms with Crippen molar-refractivity contribution in [1.82, 2.24) is 15.1 Å². The van der Waals surface area contributed by atoms with E-state index in [2.05, 4.69) is 50.2 Å². The summed E-state index contributed by atoms with van der Waals surface area (Å²) in [5.74, 6) is 1.26. The number of allylic oxidation sites excluding steroid dienone is 1. The van der Waals surface area contributed by atoms with Gasteiger partial charge in [0.05, 0.1) is 4.08 Å². The standard InChI is InChI=1S/C26H51N3O4S2/c1-7-28(6)18-15-17-27-16-13-11-9-10-12-14-19-29(8-2)25(31)33-21-23-35-26(4,5)34-22-20-32-24(3)30/h11,13,27H,7-10,12,14-23H2,1-6H3/b13-11+. The minimum Gasteiger partial charge on any atom is -0.465 e. The van der Waals surface area contributed by atoms with Gasteiger partial charge in [-0.25, -0.2) is 4.79 Å². The number of rotatable bonds is 22. The summed E-state index contributed by atoms with van der Waals surface area (Å²) in [5, 5.41) is 3.46. The first kappa shape index (κ1) is 34.1. The Morgan fingerprint density at radius 3 is 2.23 bits per heavy atom. The second-order valence-corrected chi connectivity index (χ2v) is 12.6. The SMILES string of the molecule is CCN(C)CCCNC/C=C/CCCCCN(CC)C(=O)OCCSC(C)(C)SCCOC(C)=O. The van der Waals surface area contributed by atoms with Crippen molar-refractivity contribution in [2.75, 3.05) is 71.0 Å². The molecule has 7 nitrogen and oxygen atoms in total. The summed E-state index contributed by atoms with van der Waals surface area (Å²) >= 11 is 3.49. The zero-order valence-electron chi connectivity index (χ0n) is 23.1. The molecule has 0 aliphatic rings. The van der Waals surface area contributed by atoms with E-state index in [1.165, 1.54) is 13.3 Å². The average Bonchev–Trinajstić information content (AvgIpc) is 2.82. The maximum Gasteiger partial charge on any atom is 0.409 e. The molecule has 206 valence electrons. The summed E-state index contributed by atoms with van der Waals surface area (Å²) in [6, 6.07) is 0. The molecule has 0 rings (SSSR count). The second kappa shape index (κ2) is 22.3. The molecular weight excluding hydrogens is 482 g/mol. The molecule has 0 bridgehead atoms. The molecule has 1 amide bonds. The number of carbonyl (C=O) groups excluding carboxylic acids is 2. The zero-order chi connectivity index (χ0) is 26.4. The zero-order valence-corrected chi connectivity index (χ0v) is 24.7. The molecule has 0 unspecified atom stereocenters. The van der Waals surface area contributed by atoms with Gasteiger partial charge in [-0.1, -0.05) is 25.5 Å². The normalized spacial score (nSPS) is 11.9. The van der Waals surface area contributed by atoms with E-state index < -0.39 is 0 Å². The van der Waals surface area contributed by atoms with Gasteiger partial charge in [0, 0.05) is 38.1 Å². The minimum atomic E-state index is -0.245. The van der Waals surface area contributed by atoms with E-state index in [4.69, 9.17) is 9.47 Å². The fourth-order valence-corrected chi connectivity index (χ4v) is 5.31. The maximum atomic E-state index is 12.4. The monoisotopic (exact) mass is 533 g/mol. The molecule has 0 radical (unpaired) electrons. The Bertz CT molecular complexity index is 577. The molecule has 9 heteroatoms. The van der Waals surface area contributed by atoms with Crippen LogP contribution >= 0.6 is 23.5 Å². The lowest BCUT2D eigenvalue weighted by atomic mass is 10.2. The van der Waals surface area contributed by atoms with Crippen LogP contribution in [0.5, 0.6) is 0 Å². The van der Waals surface area contributed by atoms with E-state index >= 15 is 0 Å². The number of ether oxygens (including phenoxy) is 2. The van der Waals surface area contributed by atoms with Crippen LogP contribution in [0.4, 0.5) is 4.79 Å². The molecule has 0 aromatic carbocycles. The number of unbranched alkanes of at least 4 members (excludes halogenated alkanes) is 3. The molecule has 0 aromatic heterocycles. The highest BCUT2D eigenvalue weighted by atomic mass is 32.2. The lowest BCUT2D eigenvalue weighted by Crippen LogP contribution is -2.33. The summed E-state index contributed by atoms with van der Waals surface area (Å²) < 4.78 is 10.4. The third kappa shape index (κ3) is 22.1. The molecular formula is C26H51N3O4S2. The fraction of sp³-hybridized carbons (Fsp3) is 0.846. The van der Waals surface area contributed by atoms with Gasteiger partial charge in [-0.15, -0.1) is 23.5 Å². The van der Waals surface area contributed by atoms with Gasteiger partial charge >= 0.3 is 12.1 Å². The first-order chi connectivity index (χ1) is 16.7. The number of thioether (sulfide) groups is 2. The van der Waals surface area contributed by atoms with Gasteiger partial charge in [0.25, 0.3) is 0 Å². The molecule has 0 aromatic rings. The van der Waals surface area contributed by atoms with Crippen molar-refractivity contribution in [1.29, 1.82) is 0 Å². The summed E-state index contributed by atoms with van der Waals surface area (Å²) in [4.78, 5) is 27.3. The first-order valence-electron chi connectivity index (χ1n) is 13.1. The van der Waals surface area contributed by atoms with Crippen molar-refractivity contribution in [2.45, 2.75) is 70.8 Å². The maximum absolute atomic E-state index is 12.4. The van der Waals surface area contributed by atoms with Crippen LogP contribution in [-0.2, 0) is 14.3 Å². The van der Waals surface area contributed by atoms with Crippen LogP contribution in [0, 0.1) is 0 Å². The second-order valence-electron chi connectivity index (χ2n) is 8.91. The predicted molar refractivity (Wildman–Crippen MR) is 152 cm³/mol. The molecule has 0 heterocycles. The summed E-state index contributed by atoms with van der Waals surface area (Å²) in [7, 11) is 2.16. The predicted octanol–water partition coefficient (Wildman–Crippen LogP) is 5.26. The summed E-state index contributed by atoms with van der Waals surface area (Å²) in [5.41, 5.74) is 0. The number of carbonyl (C=O) groups is 2. The Hall–Kier alpha value is -0.900. The first-order valence-corrected chi connectivity index (χ1v) is 15.1. The molecule has 0 atom stereocenters. The van der Waals surface area contributed by atoms with Crippen molar-refractivity contribution < 1.29 is 19.1 Å². The molecule has 35 heavy (non-hydrogen) atoms. The van der Waals surface area contributed by atoms with Crippen LogP contribution < -0.4 is 5.32 Å². The third-order valence-corrected chi connectivity index (χ3v) is 8.24. The number of esters is 1. The quantitative estimate of drug-likeness (QED) is 0.0875. The van der Waals surface area contributed by atoms with Gasteiger partial charge in [-0.2, -0.15) is 0 Å². The molecule has 0 aliphatic heterocycles. The number of nitrogens with zero attached hydrogens (tertiary/aromatic N) is 2. The van der Waals surface area contributed by atoms with E-state index in [1.807, 2.05) is 6.92 Å². The van der Waals surface area contributed by atoms with Crippen LogP contribution in [0.25, 0.3) is 0 Å². The number of nitrogens with one attached hydrogen (secondary N) is 1. The number of hydrogen-bond acceptors (Lipinski definition) is 8.